The number of benzene rings is 1. The second kappa shape index (κ2) is 8.11. The lowest BCUT2D eigenvalue weighted by molar-refractivity contribution is -0.384. The first-order valence-electron chi connectivity index (χ1n) is 6.26. The van der Waals surface area contributed by atoms with Gasteiger partial charge in [0.05, 0.1) is 25.1 Å². The van der Waals surface area contributed by atoms with Gasteiger partial charge in [0, 0.05) is 30.8 Å². The van der Waals surface area contributed by atoms with Crippen LogP contribution in [0.25, 0.3) is 0 Å². The molecular weight excluding hydrogens is 264 g/mol. The van der Waals surface area contributed by atoms with Gasteiger partial charge in [0.1, 0.15) is 5.75 Å². The standard InChI is InChI=1S/C13H18N2O5/c1-3-20-13(16)6-7-14-9-10-8-11(15(17)18)4-5-12(10)19-2/h4-5,8,14H,3,6-7,9H2,1-2H3. The topological polar surface area (TPSA) is 90.7 Å². The fourth-order valence-electron chi connectivity index (χ4n) is 1.66. The monoisotopic (exact) mass is 282 g/mol. The highest BCUT2D eigenvalue weighted by Crippen LogP contribution is 2.23. The highest BCUT2D eigenvalue weighted by Gasteiger charge is 2.11. The van der Waals surface area contributed by atoms with E-state index in [1.807, 2.05) is 0 Å². The molecule has 0 aliphatic heterocycles. The Balaban J connectivity index is 2.55. The second-order valence-electron chi connectivity index (χ2n) is 3.99. The number of nitro groups is 1. The molecular formula is C13H18N2O5. The van der Waals surface area contributed by atoms with Crippen LogP contribution in [0.1, 0.15) is 18.9 Å². The molecule has 20 heavy (non-hydrogen) atoms. The molecule has 0 bridgehead atoms. The van der Waals surface area contributed by atoms with Crippen molar-refractivity contribution < 1.29 is 19.2 Å². The zero-order chi connectivity index (χ0) is 15.0. The second-order valence-corrected chi connectivity index (χ2v) is 3.99. The third-order valence-electron chi connectivity index (χ3n) is 2.60. The molecule has 7 heteroatoms. The number of nitro benzene ring substituents is 1. The molecule has 0 aliphatic rings. The molecule has 0 fully saturated rings. The summed E-state index contributed by atoms with van der Waals surface area (Å²) < 4.78 is 9.94. The third-order valence-corrected chi connectivity index (χ3v) is 2.60. The smallest absolute Gasteiger partial charge is 0.307 e. The quantitative estimate of drug-likeness (QED) is 0.337. The van der Waals surface area contributed by atoms with E-state index in [0.29, 0.717) is 31.0 Å². The number of rotatable bonds is 8. The average Bonchev–Trinajstić information content (AvgIpc) is 2.43. The number of nitrogens with zero attached hydrogens (tertiary/aromatic N) is 1. The van der Waals surface area contributed by atoms with Gasteiger partial charge in [0.2, 0.25) is 0 Å². The highest BCUT2D eigenvalue weighted by molar-refractivity contribution is 5.69. The summed E-state index contributed by atoms with van der Waals surface area (Å²) in [5, 5.41) is 13.8. The molecule has 0 saturated heterocycles. The summed E-state index contributed by atoms with van der Waals surface area (Å²) >= 11 is 0. The number of hydrogen-bond acceptors (Lipinski definition) is 6. The Morgan fingerprint density at radius 1 is 1.45 bits per heavy atom. The fourth-order valence-corrected chi connectivity index (χ4v) is 1.66. The van der Waals surface area contributed by atoms with Crippen LogP contribution >= 0.6 is 0 Å². The SMILES string of the molecule is CCOC(=O)CCNCc1cc([N+](=O)[O-])ccc1OC. The number of esters is 1. The average molecular weight is 282 g/mol. The molecule has 0 atom stereocenters. The molecule has 1 rings (SSSR count). The largest absolute Gasteiger partial charge is 0.496 e. The van der Waals surface area contributed by atoms with Crippen LogP contribution < -0.4 is 10.1 Å². The molecule has 0 radical (unpaired) electrons. The van der Waals surface area contributed by atoms with Gasteiger partial charge in [-0.3, -0.25) is 14.9 Å². The van der Waals surface area contributed by atoms with Gasteiger partial charge in [-0.2, -0.15) is 0 Å². The van der Waals surface area contributed by atoms with Crippen molar-refractivity contribution in [3.63, 3.8) is 0 Å². The Bertz CT molecular complexity index is 476. The molecule has 0 aliphatic carbocycles. The Kier molecular flexibility index (Phi) is 6.45. The van der Waals surface area contributed by atoms with Crippen LogP contribution in [-0.4, -0.2) is 31.2 Å². The summed E-state index contributed by atoms with van der Waals surface area (Å²) in [5.41, 5.74) is 0.679. The normalized spacial score (nSPS) is 10.1. The molecule has 0 amide bonds. The molecule has 110 valence electrons. The molecule has 0 saturated carbocycles. The van der Waals surface area contributed by atoms with Crippen molar-refractivity contribution in [2.45, 2.75) is 19.9 Å². The lowest BCUT2D eigenvalue weighted by atomic mass is 10.1. The number of carbonyl (C=O) groups excluding carboxylic acids is 1. The number of non-ortho nitro benzene ring substituents is 1. The lowest BCUT2D eigenvalue weighted by Crippen LogP contribution is -2.19. The first-order valence-corrected chi connectivity index (χ1v) is 6.26. The highest BCUT2D eigenvalue weighted by atomic mass is 16.6. The van der Waals surface area contributed by atoms with Crippen LogP contribution in [0.2, 0.25) is 0 Å². The number of carbonyl (C=O) groups is 1. The minimum Gasteiger partial charge on any atom is -0.496 e. The molecule has 1 N–H and O–H groups in total. The molecule has 7 nitrogen and oxygen atoms in total. The Hall–Kier alpha value is -2.15. The van der Waals surface area contributed by atoms with Crippen LogP contribution in [0, 0.1) is 10.1 Å². The van der Waals surface area contributed by atoms with Crippen molar-refractivity contribution >= 4 is 11.7 Å². The number of hydrogen-bond donors (Lipinski definition) is 1. The van der Waals surface area contributed by atoms with Gasteiger partial charge in [-0.25, -0.2) is 0 Å². The van der Waals surface area contributed by atoms with Crippen LogP contribution in [0.15, 0.2) is 18.2 Å². The lowest BCUT2D eigenvalue weighted by Gasteiger charge is -2.09. The van der Waals surface area contributed by atoms with Crippen molar-refractivity contribution in [3.8, 4) is 5.75 Å². The number of ether oxygens (including phenoxy) is 2. The third kappa shape index (κ3) is 4.85. The van der Waals surface area contributed by atoms with Crippen LogP contribution in [0.3, 0.4) is 0 Å². The molecule has 0 aromatic heterocycles. The van der Waals surface area contributed by atoms with Crippen LogP contribution in [0.5, 0.6) is 5.75 Å². The van der Waals surface area contributed by atoms with Crippen molar-refractivity contribution in [3.05, 3.63) is 33.9 Å². The summed E-state index contributed by atoms with van der Waals surface area (Å²) in [6.07, 6.45) is 0.255. The Morgan fingerprint density at radius 2 is 2.20 bits per heavy atom. The summed E-state index contributed by atoms with van der Waals surface area (Å²) in [7, 11) is 1.50. The van der Waals surface area contributed by atoms with Gasteiger partial charge in [-0.05, 0) is 13.0 Å². The minimum atomic E-state index is -0.457. The van der Waals surface area contributed by atoms with Gasteiger partial charge in [0.25, 0.3) is 5.69 Å². The Morgan fingerprint density at radius 3 is 2.80 bits per heavy atom. The van der Waals surface area contributed by atoms with Gasteiger partial charge >= 0.3 is 5.97 Å². The van der Waals surface area contributed by atoms with Gasteiger partial charge in [0.15, 0.2) is 0 Å². The van der Waals surface area contributed by atoms with E-state index >= 15 is 0 Å². The number of methoxy groups -OCH3 is 1. The van der Waals surface area contributed by atoms with Crippen molar-refractivity contribution in [2.75, 3.05) is 20.3 Å². The maximum Gasteiger partial charge on any atom is 0.307 e. The maximum atomic E-state index is 11.1. The Labute approximate surface area is 117 Å². The molecule has 1 aromatic rings. The van der Waals surface area contributed by atoms with E-state index in [0.717, 1.165) is 0 Å². The minimum absolute atomic E-state index is 0.00740. The zero-order valence-electron chi connectivity index (χ0n) is 11.5. The van der Waals surface area contributed by atoms with Gasteiger partial charge in [-0.1, -0.05) is 0 Å². The van der Waals surface area contributed by atoms with Gasteiger partial charge < -0.3 is 14.8 Å². The van der Waals surface area contributed by atoms with E-state index in [4.69, 9.17) is 9.47 Å². The summed E-state index contributed by atoms with van der Waals surface area (Å²) in [6, 6.07) is 4.40. The first kappa shape index (κ1) is 15.9. The van der Waals surface area contributed by atoms with E-state index in [2.05, 4.69) is 5.32 Å². The van der Waals surface area contributed by atoms with Crippen LogP contribution in [0.4, 0.5) is 5.69 Å². The zero-order valence-corrected chi connectivity index (χ0v) is 11.5. The van der Waals surface area contributed by atoms with E-state index in [1.54, 1.807) is 13.0 Å². The molecule has 1 aromatic carbocycles. The predicted octanol–water partition coefficient (Wildman–Crippen LogP) is 1.65. The van der Waals surface area contributed by atoms with Crippen molar-refractivity contribution in [1.82, 2.24) is 5.32 Å². The first-order chi connectivity index (χ1) is 9.58. The van der Waals surface area contributed by atoms with Crippen LogP contribution in [-0.2, 0) is 16.1 Å². The van der Waals surface area contributed by atoms with E-state index in [1.165, 1.54) is 19.2 Å². The van der Waals surface area contributed by atoms with E-state index in [-0.39, 0.29) is 18.1 Å². The summed E-state index contributed by atoms with van der Waals surface area (Å²) in [6.45, 7) is 2.92. The van der Waals surface area contributed by atoms with E-state index < -0.39 is 4.92 Å². The molecule has 0 unspecified atom stereocenters. The molecule has 0 heterocycles. The predicted molar refractivity (Wildman–Crippen MR) is 72.6 cm³/mol. The molecule has 0 spiro atoms. The summed E-state index contributed by atoms with van der Waals surface area (Å²) in [4.78, 5) is 21.4. The van der Waals surface area contributed by atoms with Crippen molar-refractivity contribution in [2.24, 2.45) is 0 Å². The van der Waals surface area contributed by atoms with Crippen molar-refractivity contribution in [1.29, 1.82) is 0 Å². The van der Waals surface area contributed by atoms with Gasteiger partial charge in [-0.15, -0.1) is 0 Å². The maximum absolute atomic E-state index is 11.1. The summed E-state index contributed by atoms with van der Waals surface area (Å²) in [5.74, 6) is 0.297. The number of nitrogens with one attached hydrogen (secondary N) is 1. The van der Waals surface area contributed by atoms with E-state index in [9.17, 15) is 14.9 Å². The fraction of sp³-hybridized carbons (Fsp3) is 0.462.